The van der Waals surface area contributed by atoms with Gasteiger partial charge in [-0.05, 0) is 45.7 Å². The fraction of sp³-hybridized carbons (Fsp3) is 1.00. The molecule has 1 aliphatic rings. The molecule has 0 aromatic heterocycles. The lowest BCUT2D eigenvalue weighted by molar-refractivity contribution is 0.0453. The summed E-state index contributed by atoms with van der Waals surface area (Å²) in [7, 11) is 0. The molecular formula is C14H30N2O. The van der Waals surface area contributed by atoms with Crippen LogP contribution in [0, 0.1) is 5.92 Å². The monoisotopic (exact) mass is 242 g/mol. The maximum atomic E-state index is 5.61. The van der Waals surface area contributed by atoms with Crippen LogP contribution in [0.2, 0.25) is 0 Å². The Labute approximate surface area is 107 Å². The second-order valence-corrected chi connectivity index (χ2v) is 5.55. The number of rotatable bonds is 7. The van der Waals surface area contributed by atoms with Crippen molar-refractivity contribution >= 4 is 0 Å². The zero-order valence-electron chi connectivity index (χ0n) is 12.0. The van der Waals surface area contributed by atoms with Crippen LogP contribution in [-0.4, -0.2) is 49.8 Å². The smallest absolute Gasteiger partial charge is 0.0596 e. The third-order valence-electron chi connectivity index (χ3n) is 3.50. The highest BCUT2D eigenvalue weighted by molar-refractivity contribution is 4.82. The summed E-state index contributed by atoms with van der Waals surface area (Å²) in [5.74, 6) is 0.759. The van der Waals surface area contributed by atoms with Gasteiger partial charge in [0.05, 0.1) is 12.7 Å². The molecule has 0 aromatic rings. The molecule has 1 rings (SSSR count). The Hall–Kier alpha value is -0.120. The molecule has 1 aliphatic heterocycles. The van der Waals surface area contributed by atoms with Crippen LogP contribution in [0.4, 0.5) is 0 Å². The van der Waals surface area contributed by atoms with Gasteiger partial charge in [-0.1, -0.05) is 13.8 Å². The first-order valence-corrected chi connectivity index (χ1v) is 7.20. The molecular weight excluding hydrogens is 212 g/mol. The summed E-state index contributed by atoms with van der Waals surface area (Å²) in [6, 6.07) is 0.720. The molecule has 1 N–H and O–H groups in total. The van der Waals surface area contributed by atoms with E-state index in [-0.39, 0.29) is 0 Å². The quantitative estimate of drug-likeness (QED) is 0.740. The van der Waals surface area contributed by atoms with E-state index in [0.29, 0.717) is 6.10 Å². The summed E-state index contributed by atoms with van der Waals surface area (Å²) in [5.41, 5.74) is 0. The average Bonchev–Trinajstić information content (AvgIpc) is 2.27. The number of likely N-dealkylation sites (tertiary alicyclic amines) is 1. The fourth-order valence-electron chi connectivity index (χ4n) is 2.49. The van der Waals surface area contributed by atoms with Gasteiger partial charge >= 0.3 is 0 Å². The van der Waals surface area contributed by atoms with E-state index in [4.69, 9.17) is 4.74 Å². The van der Waals surface area contributed by atoms with Gasteiger partial charge in [0, 0.05) is 19.1 Å². The van der Waals surface area contributed by atoms with Crippen molar-refractivity contribution in [2.45, 2.75) is 52.7 Å². The molecule has 17 heavy (non-hydrogen) atoms. The highest BCUT2D eigenvalue weighted by Gasteiger charge is 2.24. The molecule has 2 unspecified atom stereocenters. The number of nitrogens with zero attached hydrogens (tertiary/aromatic N) is 1. The first-order valence-electron chi connectivity index (χ1n) is 7.20. The summed E-state index contributed by atoms with van der Waals surface area (Å²) in [6.45, 7) is 14.3. The second-order valence-electron chi connectivity index (χ2n) is 5.55. The van der Waals surface area contributed by atoms with E-state index < -0.39 is 0 Å². The van der Waals surface area contributed by atoms with Gasteiger partial charge in [0.15, 0.2) is 0 Å². The zero-order valence-corrected chi connectivity index (χ0v) is 12.0. The van der Waals surface area contributed by atoms with Crippen molar-refractivity contribution in [3.05, 3.63) is 0 Å². The van der Waals surface area contributed by atoms with Crippen molar-refractivity contribution in [1.29, 1.82) is 0 Å². The van der Waals surface area contributed by atoms with Crippen LogP contribution in [0.3, 0.4) is 0 Å². The topological polar surface area (TPSA) is 24.5 Å². The third kappa shape index (κ3) is 5.84. The second kappa shape index (κ2) is 8.06. The van der Waals surface area contributed by atoms with Gasteiger partial charge in [0.25, 0.3) is 0 Å². The first-order chi connectivity index (χ1) is 8.13. The van der Waals surface area contributed by atoms with Crippen molar-refractivity contribution in [1.82, 2.24) is 10.2 Å². The number of nitrogens with one attached hydrogen (secondary N) is 1. The SMILES string of the molecule is CCCNC1CCN(CCOC(C)C)CC1C. The first kappa shape index (κ1) is 14.9. The van der Waals surface area contributed by atoms with E-state index in [1.54, 1.807) is 0 Å². The molecule has 3 heteroatoms. The predicted octanol–water partition coefficient (Wildman–Crippen LogP) is 2.12. The van der Waals surface area contributed by atoms with Crippen LogP contribution >= 0.6 is 0 Å². The molecule has 1 fully saturated rings. The van der Waals surface area contributed by atoms with E-state index in [1.807, 2.05) is 0 Å². The minimum absolute atomic E-state index is 0.358. The van der Waals surface area contributed by atoms with Crippen LogP contribution in [0.1, 0.15) is 40.5 Å². The average molecular weight is 242 g/mol. The van der Waals surface area contributed by atoms with E-state index >= 15 is 0 Å². The van der Waals surface area contributed by atoms with Crippen LogP contribution in [0.5, 0.6) is 0 Å². The molecule has 0 bridgehead atoms. The zero-order chi connectivity index (χ0) is 12.7. The highest BCUT2D eigenvalue weighted by Crippen LogP contribution is 2.16. The van der Waals surface area contributed by atoms with Crippen LogP contribution in [0.15, 0.2) is 0 Å². The van der Waals surface area contributed by atoms with Crippen LogP contribution < -0.4 is 5.32 Å². The maximum Gasteiger partial charge on any atom is 0.0596 e. The molecule has 0 amide bonds. The van der Waals surface area contributed by atoms with Crippen molar-refractivity contribution in [3.8, 4) is 0 Å². The lowest BCUT2D eigenvalue weighted by Gasteiger charge is -2.37. The molecule has 3 nitrogen and oxygen atoms in total. The van der Waals surface area contributed by atoms with Gasteiger partial charge in [-0.2, -0.15) is 0 Å². The van der Waals surface area contributed by atoms with Crippen molar-refractivity contribution in [2.24, 2.45) is 5.92 Å². The van der Waals surface area contributed by atoms with E-state index in [2.05, 4.69) is 37.9 Å². The molecule has 0 aliphatic carbocycles. The maximum absolute atomic E-state index is 5.61. The van der Waals surface area contributed by atoms with Crippen molar-refractivity contribution in [2.75, 3.05) is 32.8 Å². The number of hydrogen-bond acceptors (Lipinski definition) is 3. The van der Waals surface area contributed by atoms with Gasteiger partial charge < -0.3 is 15.0 Å². The Kier molecular flexibility index (Phi) is 7.09. The van der Waals surface area contributed by atoms with Gasteiger partial charge in [0.1, 0.15) is 0 Å². The Bertz CT molecular complexity index is 197. The van der Waals surface area contributed by atoms with Crippen LogP contribution in [-0.2, 0) is 4.74 Å². The molecule has 102 valence electrons. The summed E-state index contributed by atoms with van der Waals surface area (Å²) in [6.07, 6.45) is 2.87. The van der Waals surface area contributed by atoms with Crippen molar-refractivity contribution < 1.29 is 4.74 Å². The Morgan fingerprint density at radius 3 is 2.76 bits per heavy atom. The molecule has 0 spiro atoms. The molecule has 1 saturated heterocycles. The Morgan fingerprint density at radius 2 is 2.18 bits per heavy atom. The normalized spacial score (nSPS) is 26.6. The van der Waals surface area contributed by atoms with Gasteiger partial charge in [-0.25, -0.2) is 0 Å². The summed E-state index contributed by atoms with van der Waals surface area (Å²) >= 11 is 0. The number of ether oxygens (including phenoxy) is 1. The Balaban J connectivity index is 2.17. The summed E-state index contributed by atoms with van der Waals surface area (Å²) < 4.78 is 5.61. The van der Waals surface area contributed by atoms with Crippen molar-refractivity contribution in [3.63, 3.8) is 0 Å². The third-order valence-corrected chi connectivity index (χ3v) is 3.50. The van der Waals surface area contributed by atoms with Gasteiger partial charge in [0.2, 0.25) is 0 Å². The lowest BCUT2D eigenvalue weighted by Crippen LogP contribution is -2.49. The predicted molar refractivity (Wildman–Crippen MR) is 73.4 cm³/mol. The molecule has 0 aromatic carbocycles. The van der Waals surface area contributed by atoms with E-state index in [1.165, 1.54) is 25.9 Å². The summed E-state index contributed by atoms with van der Waals surface area (Å²) in [5, 5.41) is 3.66. The highest BCUT2D eigenvalue weighted by atomic mass is 16.5. The fourth-order valence-corrected chi connectivity index (χ4v) is 2.49. The largest absolute Gasteiger partial charge is 0.377 e. The minimum atomic E-state index is 0.358. The number of piperidine rings is 1. The molecule has 2 atom stereocenters. The molecule has 0 saturated carbocycles. The Morgan fingerprint density at radius 1 is 1.41 bits per heavy atom. The van der Waals surface area contributed by atoms with Gasteiger partial charge in [-0.15, -0.1) is 0 Å². The summed E-state index contributed by atoms with van der Waals surface area (Å²) in [4.78, 5) is 2.54. The van der Waals surface area contributed by atoms with E-state index in [9.17, 15) is 0 Å². The molecule has 1 heterocycles. The van der Waals surface area contributed by atoms with Crippen LogP contribution in [0.25, 0.3) is 0 Å². The van der Waals surface area contributed by atoms with Gasteiger partial charge in [-0.3, -0.25) is 0 Å². The lowest BCUT2D eigenvalue weighted by atomic mass is 9.94. The molecule has 0 radical (unpaired) electrons. The standard InChI is InChI=1S/C14H30N2O/c1-5-7-15-14-6-8-16(11-13(14)4)9-10-17-12(2)3/h12-15H,5-11H2,1-4H3. The number of hydrogen-bond donors (Lipinski definition) is 1. The van der Waals surface area contributed by atoms with E-state index in [0.717, 1.165) is 31.7 Å². The minimum Gasteiger partial charge on any atom is -0.377 e.